The zero-order valence-corrected chi connectivity index (χ0v) is 17.6. The van der Waals surface area contributed by atoms with Crippen molar-refractivity contribution in [2.45, 2.75) is 13.0 Å². The summed E-state index contributed by atoms with van der Waals surface area (Å²) in [6.07, 6.45) is 0. The fraction of sp³-hybridized carbons (Fsp3) is 0.190. The van der Waals surface area contributed by atoms with E-state index in [4.69, 9.17) is 16.3 Å². The summed E-state index contributed by atoms with van der Waals surface area (Å²) in [6, 6.07) is 8.37. The van der Waals surface area contributed by atoms with E-state index in [1.807, 2.05) is 0 Å². The summed E-state index contributed by atoms with van der Waals surface area (Å²) in [7, 11) is 2.75. The molecular weight excluding hydrogens is 426 g/mol. The Morgan fingerprint density at radius 3 is 2.42 bits per heavy atom. The van der Waals surface area contributed by atoms with Crippen LogP contribution in [0.4, 0.5) is 0 Å². The minimum atomic E-state index is -0.899. The van der Waals surface area contributed by atoms with Crippen LogP contribution in [0.3, 0.4) is 0 Å². The molecule has 0 saturated carbocycles. The third-order valence-corrected chi connectivity index (χ3v) is 4.90. The maximum atomic E-state index is 12.9. The summed E-state index contributed by atoms with van der Waals surface area (Å²) < 4.78 is 9.82. The first-order valence-electron chi connectivity index (χ1n) is 9.10. The van der Waals surface area contributed by atoms with Crippen molar-refractivity contribution in [2.24, 2.45) is 0 Å². The fourth-order valence-corrected chi connectivity index (χ4v) is 3.15. The van der Waals surface area contributed by atoms with Crippen molar-refractivity contribution in [3.05, 3.63) is 47.1 Å². The standard InChI is InChI=1S/C21H20ClN3O6/c1-10(21(29)31-3)23-20(28)19-17(11-4-6-12(30-2)7-5-11)18(24-25-19)13-8-14(22)16(27)9-15(13)26/h4-10,26-27H,1-3H3,(H,23,28)(H,24,25)/t10-/m1/s1. The number of esters is 1. The predicted octanol–water partition coefficient (Wildman–Crippen LogP) is 3.11. The molecule has 0 radical (unpaired) electrons. The number of phenolic OH excluding ortho intramolecular Hbond substituents is 2. The van der Waals surface area contributed by atoms with Crippen molar-refractivity contribution in [1.29, 1.82) is 0 Å². The van der Waals surface area contributed by atoms with Crippen molar-refractivity contribution in [3.8, 4) is 39.6 Å². The summed E-state index contributed by atoms with van der Waals surface area (Å²) in [5.74, 6) is -1.18. The third kappa shape index (κ3) is 4.41. The van der Waals surface area contributed by atoms with Gasteiger partial charge in [-0.3, -0.25) is 9.89 Å². The second-order valence-corrected chi connectivity index (χ2v) is 7.00. The maximum absolute atomic E-state index is 12.9. The van der Waals surface area contributed by atoms with Gasteiger partial charge < -0.3 is 25.0 Å². The number of carbonyl (C=O) groups excluding carboxylic acids is 2. The van der Waals surface area contributed by atoms with E-state index in [2.05, 4.69) is 20.3 Å². The monoisotopic (exact) mass is 445 g/mol. The summed E-state index contributed by atoms with van der Waals surface area (Å²) in [5, 5.41) is 29.5. The van der Waals surface area contributed by atoms with Crippen LogP contribution >= 0.6 is 11.6 Å². The Balaban J connectivity index is 2.15. The van der Waals surface area contributed by atoms with Crippen molar-refractivity contribution in [1.82, 2.24) is 15.5 Å². The molecule has 3 aromatic rings. The highest BCUT2D eigenvalue weighted by atomic mass is 35.5. The number of aromatic amines is 1. The Kier molecular flexibility index (Phi) is 6.36. The lowest BCUT2D eigenvalue weighted by Gasteiger charge is -2.13. The molecule has 0 bridgehead atoms. The van der Waals surface area contributed by atoms with E-state index in [-0.39, 0.29) is 33.5 Å². The number of nitrogens with zero attached hydrogens (tertiary/aromatic N) is 1. The number of carbonyl (C=O) groups is 2. The Bertz CT molecular complexity index is 1130. The van der Waals surface area contributed by atoms with Gasteiger partial charge in [0, 0.05) is 17.2 Å². The van der Waals surface area contributed by atoms with Crippen molar-refractivity contribution in [3.63, 3.8) is 0 Å². The molecule has 9 nitrogen and oxygen atoms in total. The topological polar surface area (TPSA) is 134 Å². The molecule has 1 amide bonds. The molecule has 1 heterocycles. The van der Waals surface area contributed by atoms with E-state index in [0.29, 0.717) is 16.9 Å². The molecule has 0 saturated heterocycles. The number of hydrogen-bond donors (Lipinski definition) is 4. The highest BCUT2D eigenvalue weighted by Gasteiger charge is 2.26. The number of phenols is 2. The van der Waals surface area contributed by atoms with E-state index in [9.17, 15) is 19.8 Å². The van der Waals surface area contributed by atoms with Crippen LogP contribution < -0.4 is 10.1 Å². The van der Waals surface area contributed by atoms with Crippen LogP contribution in [0, 0.1) is 0 Å². The summed E-state index contributed by atoms with van der Waals surface area (Å²) in [4.78, 5) is 24.6. The number of amides is 1. The first kappa shape index (κ1) is 22.0. The van der Waals surface area contributed by atoms with E-state index >= 15 is 0 Å². The van der Waals surface area contributed by atoms with Gasteiger partial charge in [-0.1, -0.05) is 23.7 Å². The van der Waals surface area contributed by atoms with Gasteiger partial charge in [0.1, 0.15) is 34.7 Å². The highest BCUT2D eigenvalue weighted by molar-refractivity contribution is 6.32. The molecule has 1 aromatic heterocycles. The maximum Gasteiger partial charge on any atom is 0.328 e. The fourth-order valence-electron chi connectivity index (χ4n) is 2.98. The summed E-state index contributed by atoms with van der Waals surface area (Å²) in [6.45, 7) is 1.49. The molecule has 0 spiro atoms. The molecule has 0 aliphatic rings. The predicted molar refractivity (Wildman–Crippen MR) is 113 cm³/mol. The number of aromatic hydroxyl groups is 2. The lowest BCUT2D eigenvalue weighted by molar-refractivity contribution is -0.142. The molecule has 1 atom stereocenters. The van der Waals surface area contributed by atoms with Crippen LogP contribution in [0.2, 0.25) is 5.02 Å². The Morgan fingerprint density at radius 2 is 1.81 bits per heavy atom. The van der Waals surface area contributed by atoms with Crippen molar-refractivity contribution >= 4 is 23.5 Å². The van der Waals surface area contributed by atoms with Gasteiger partial charge >= 0.3 is 5.97 Å². The molecule has 31 heavy (non-hydrogen) atoms. The van der Waals surface area contributed by atoms with Crippen LogP contribution in [0.25, 0.3) is 22.4 Å². The number of methoxy groups -OCH3 is 2. The average molecular weight is 446 g/mol. The lowest BCUT2D eigenvalue weighted by atomic mass is 9.97. The Hall–Kier alpha value is -3.72. The molecule has 0 unspecified atom stereocenters. The first-order chi connectivity index (χ1) is 14.8. The van der Waals surface area contributed by atoms with Gasteiger partial charge in [0.15, 0.2) is 0 Å². The third-order valence-electron chi connectivity index (χ3n) is 4.59. The quantitative estimate of drug-likeness (QED) is 0.428. The SMILES string of the molecule is COC(=O)[C@@H](C)NC(=O)c1[nH]nc(-c2cc(Cl)c(O)cc2O)c1-c1ccc(OC)cc1. The second kappa shape index (κ2) is 8.97. The minimum Gasteiger partial charge on any atom is -0.507 e. The van der Waals surface area contributed by atoms with Gasteiger partial charge in [-0.15, -0.1) is 0 Å². The minimum absolute atomic E-state index is 0.00166. The van der Waals surface area contributed by atoms with E-state index < -0.39 is 17.9 Å². The van der Waals surface area contributed by atoms with E-state index in [0.717, 1.165) is 6.07 Å². The van der Waals surface area contributed by atoms with Crippen LogP contribution in [0.15, 0.2) is 36.4 Å². The second-order valence-electron chi connectivity index (χ2n) is 6.59. The number of ether oxygens (including phenoxy) is 2. The zero-order chi connectivity index (χ0) is 22.7. The molecule has 4 N–H and O–H groups in total. The molecular formula is C21H20ClN3O6. The van der Waals surface area contributed by atoms with Crippen molar-refractivity contribution in [2.75, 3.05) is 14.2 Å². The summed E-state index contributed by atoms with van der Waals surface area (Å²) in [5.41, 5.74) is 1.42. The van der Waals surface area contributed by atoms with Crippen LogP contribution in [0.1, 0.15) is 17.4 Å². The zero-order valence-electron chi connectivity index (χ0n) is 16.9. The van der Waals surface area contributed by atoms with Crippen LogP contribution in [0.5, 0.6) is 17.2 Å². The van der Waals surface area contributed by atoms with Gasteiger partial charge in [0.25, 0.3) is 5.91 Å². The number of H-pyrrole nitrogens is 1. The van der Waals surface area contributed by atoms with Crippen LogP contribution in [-0.4, -0.2) is 52.5 Å². The number of hydrogen-bond acceptors (Lipinski definition) is 7. The normalized spacial score (nSPS) is 11.6. The molecule has 162 valence electrons. The van der Waals surface area contributed by atoms with Gasteiger partial charge in [0.2, 0.25) is 0 Å². The molecule has 0 fully saturated rings. The van der Waals surface area contributed by atoms with Crippen LogP contribution in [-0.2, 0) is 9.53 Å². The number of benzene rings is 2. The number of aromatic nitrogens is 2. The Labute approximate surface area is 182 Å². The average Bonchev–Trinajstić information content (AvgIpc) is 3.20. The lowest BCUT2D eigenvalue weighted by Crippen LogP contribution is -2.39. The summed E-state index contributed by atoms with van der Waals surface area (Å²) >= 11 is 6.02. The molecule has 10 heteroatoms. The first-order valence-corrected chi connectivity index (χ1v) is 9.48. The van der Waals surface area contributed by atoms with E-state index in [1.54, 1.807) is 24.3 Å². The van der Waals surface area contributed by atoms with Gasteiger partial charge in [-0.05, 0) is 30.7 Å². The molecule has 0 aliphatic carbocycles. The largest absolute Gasteiger partial charge is 0.507 e. The molecule has 3 rings (SSSR count). The van der Waals surface area contributed by atoms with Gasteiger partial charge in [0.05, 0.1) is 19.2 Å². The number of nitrogens with one attached hydrogen (secondary N) is 2. The van der Waals surface area contributed by atoms with Crippen molar-refractivity contribution < 1.29 is 29.3 Å². The highest BCUT2D eigenvalue weighted by Crippen LogP contribution is 2.41. The number of rotatable bonds is 6. The van der Waals surface area contributed by atoms with Gasteiger partial charge in [-0.2, -0.15) is 5.10 Å². The van der Waals surface area contributed by atoms with E-state index in [1.165, 1.54) is 27.2 Å². The smallest absolute Gasteiger partial charge is 0.328 e. The molecule has 0 aliphatic heterocycles. The Morgan fingerprint density at radius 1 is 1.13 bits per heavy atom. The number of halogens is 1. The molecule has 2 aromatic carbocycles. The van der Waals surface area contributed by atoms with Gasteiger partial charge in [-0.25, -0.2) is 4.79 Å².